The number of hydrogen-bond acceptors (Lipinski definition) is 2. The molecule has 1 aliphatic rings. The van der Waals surface area contributed by atoms with E-state index in [9.17, 15) is 9.59 Å². The van der Waals surface area contributed by atoms with Crippen molar-refractivity contribution in [2.75, 3.05) is 6.54 Å². The van der Waals surface area contributed by atoms with Crippen LogP contribution in [0.1, 0.15) is 60.7 Å². The minimum atomic E-state index is -0.204. The van der Waals surface area contributed by atoms with Crippen LogP contribution in [0.4, 0.5) is 0 Å². The van der Waals surface area contributed by atoms with Crippen LogP contribution in [0.2, 0.25) is 20.1 Å². The second-order valence-electron chi connectivity index (χ2n) is 9.67. The molecule has 2 aromatic rings. The van der Waals surface area contributed by atoms with Gasteiger partial charge in [-0.15, -0.1) is 0 Å². The lowest BCUT2D eigenvalue weighted by molar-refractivity contribution is 0.0592. The van der Waals surface area contributed by atoms with E-state index in [1.807, 2.05) is 0 Å². The highest BCUT2D eigenvalue weighted by atomic mass is 35.5. The Morgan fingerprint density at radius 3 is 1.91 bits per heavy atom. The molecule has 0 saturated heterocycles. The molecule has 2 atom stereocenters. The molecular formula is C24H26Cl4N2O2. The maximum atomic E-state index is 12.8. The van der Waals surface area contributed by atoms with Crippen LogP contribution in [0, 0.1) is 10.8 Å². The van der Waals surface area contributed by atoms with Gasteiger partial charge in [0.05, 0.1) is 20.1 Å². The Kier molecular flexibility index (Phi) is 7.71. The Hall–Kier alpha value is -1.46. The first kappa shape index (κ1) is 25.2. The highest BCUT2D eigenvalue weighted by molar-refractivity contribution is 6.42. The topological polar surface area (TPSA) is 58.2 Å². The van der Waals surface area contributed by atoms with Gasteiger partial charge in [-0.25, -0.2) is 0 Å². The van der Waals surface area contributed by atoms with Crippen molar-refractivity contribution < 1.29 is 9.59 Å². The number of carbonyl (C=O) groups excluding carboxylic acids is 2. The first-order valence-corrected chi connectivity index (χ1v) is 11.9. The van der Waals surface area contributed by atoms with E-state index < -0.39 is 0 Å². The van der Waals surface area contributed by atoms with Crippen LogP contribution in [0.5, 0.6) is 0 Å². The van der Waals surface area contributed by atoms with Crippen molar-refractivity contribution in [2.24, 2.45) is 10.8 Å². The summed E-state index contributed by atoms with van der Waals surface area (Å²) >= 11 is 24.0. The summed E-state index contributed by atoms with van der Waals surface area (Å²) in [6.45, 7) is 6.99. The fourth-order valence-electron chi connectivity index (χ4n) is 4.81. The van der Waals surface area contributed by atoms with Gasteiger partial charge in [-0.05, 0) is 66.5 Å². The molecule has 172 valence electrons. The SMILES string of the molecule is CC1(C)C[C@@H](NC(=O)c2ccc(Cl)c(Cl)c2)C[C@](C)(CNC(=O)c2ccc(Cl)c(Cl)c2)C1. The van der Waals surface area contributed by atoms with Gasteiger partial charge in [-0.3, -0.25) is 9.59 Å². The quantitative estimate of drug-likeness (QED) is 0.448. The molecule has 0 aliphatic heterocycles. The Bertz CT molecular complexity index is 1040. The zero-order chi connectivity index (χ0) is 23.7. The third-order valence-corrected chi connectivity index (χ3v) is 7.30. The molecule has 4 nitrogen and oxygen atoms in total. The lowest BCUT2D eigenvalue weighted by Crippen LogP contribution is -2.50. The molecule has 0 radical (unpaired) electrons. The van der Waals surface area contributed by atoms with Gasteiger partial charge in [0.25, 0.3) is 11.8 Å². The maximum Gasteiger partial charge on any atom is 0.251 e. The summed E-state index contributed by atoms with van der Waals surface area (Å²) in [5.74, 6) is -0.391. The second-order valence-corrected chi connectivity index (χ2v) is 11.3. The van der Waals surface area contributed by atoms with Crippen molar-refractivity contribution in [3.05, 3.63) is 67.6 Å². The van der Waals surface area contributed by atoms with Crippen LogP contribution >= 0.6 is 46.4 Å². The Morgan fingerprint density at radius 2 is 1.38 bits per heavy atom. The molecule has 0 unspecified atom stereocenters. The number of carbonyl (C=O) groups is 2. The smallest absolute Gasteiger partial charge is 0.251 e. The number of hydrogen-bond donors (Lipinski definition) is 2. The minimum Gasteiger partial charge on any atom is -0.351 e. The minimum absolute atomic E-state index is 0.00308. The van der Waals surface area contributed by atoms with Gasteiger partial charge in [0.1, 0.15) is 0 Å². The van der Waals surface area contributed by atoms with Gasteiger partial charge in [-0.1, -0.05) is 67.2 Å². The van der Waals surface area contributed by atoms with Gasteiger partial charge in [0.15, 0.2) is 0 Å². The van der Waals surface area contributed by atoms with E-state index >= 15 is 0 Å². The summed E-state index contributed by atoms with van der Waals surface area (Å²) in [5, 5.41) is 7.67. The molecule has 32 heavy (non-hydrogen) atoms. The molecular weight excluding hydrogens is 490 g/mol. The number of rotatable bonds is 5. The maximum absolute atomic E-state index is 12.8. The molecule has 2 N–H and O–H groups in total. The van der Waals surface area contributed by atoms with E-state index in [0.29, 0.717) is 37.8 Å². The Morgan fingerprint density at radius 1 is 0.844 bits per heavy atom. The predicted molar refractivity (Wildman–Crippen MR) is 132 cm³/mol. The fraction of sp³-hybridized carbons (Fsp3) is 0.417. The monoisotopic (exact) mass is 514 g/mol. The number of benzene rings is 2. The molecule has 2 aromatic carbocycles. The van der Waals surface area contributed by atoms with E-state index in [4.69, 9.17) is 46.4 Å². The normalized spacial score (nSPS) is 22.3. The summed E-state index contributed by atoms with van der Waals surface area (Å²) < 4.78 is 0. The number of nitrogens with one attached hydrogen (secondary N) is 2. The van der Waals surface area contributed by atoms with Crippen molar-refractivity contribution in [1.82, 2.24) is 10.6 Å². The van der Waals surface area contributed by atoms with E-state index in [2.05, 4.69) is 31.4 Å². The van der Waals surface area contributed by atoms with E-state index in [1.165, 1.54) is 0 Å². The highest BCUT2D eigenvalue weighted by Gasteiger charge is 2.42. The van der Waals surface area contributed by atoms with Crippen LogP contribution in [0.25, 0.3) is 0 Å². The van der Waals surface area contributed by atoms with Crippen molar-refractivity contribution in [3.63, 3.8) is 0 Å². The number of halogens is 4. The molecule has 0 aromatic heterocycles. The van der Waals surface area contributed by atoms with Crippen molar-refractivity contribution in [2.45, 2.75) is 46.1 Å². The molecule has 1 aliphatic carbocycles. The molecule has 0 bridgehead atoms. The van der Waals surface area contributed by atoms with E-state index in [-0.39, 0.29) is 28.7 Å². The molecule has 2 amide bonds. The van der Waals surface area contributed by atoms with Crippen LogP contribution in [0.15, 0.2) is 36.4 Å². The fourth-order valence-corrected chi connectivity index (χ4v) is 5.41. The summed E-state index contributed by atoms with van der Waals surface area (Å²) in [6.07, 6.45) is 2.50. The molecule has 0 heterocycles. The molecule has 1 saturated carbocycles. The van der Waals surface area contributed by atoms with Gasteiger partial charge in [0, 0.05) is 23.7 Å². The van der Waals surface area contributed by atoms with Crippen LogP contribution in [0.3, 0.4) is 0 Å². The van der Waals surface area contributed by atoms with Gasteiger partial charge < -0.3 is 10.6 Å². The van der Waals surface area contributed by atoms with Crippen LogP contribution in [-0.2, 0) is 0 Å². The van der Waals surface area contributed by atoms with Crippen LogP contribution in [-0.4, -0.2) is 24.4 Å². The molecule has 8 heteroatoms. The third-order valence-electron chi connectivity index (χ3n) is 5.82. The summed E-state index contributed by atoms with van der Waals surface area (Å²) in [6, 6.07) is 9.64. The van der Waals surface area contributed by atoms with Gasteiger partial charge >= 0.3 is 0 Å². The average molecular weight is 516 g/mol. The summed E-state index contributed by atoms with van der Waals surface area (Å²) in [7, 11) is 0. The van der Waals surface area contributed by atoms with Gasteiger partial charge in [0.2, 0.25) is 0 Å². The van der Waals surface area contributed by atoms with E-state index in [1.54, 1.807) is 36.4 Å². The van der Waals surface area contributed by atoms with E-state index in [0.717, 1.165) is 19.3 Å². The molecule has 0 spiro atoms. The van der Waals surface area contributed by atoms with Crippen LogP contribution < -0.4 is 10.6 Å². The Labute approximate surface area is 208 Å². The first-order chi connectivity index (χ1) is 14.9. The van der Waals surface area contributed by atoms with Gasteiger partial charge in [-0.2, -0.15) is 0 Å². The summed E-state index contributed by atoms with van der Waals surface area (Å²) in [5.41, 5.74) is 0.736. The summed E-state index contributed by atoms with van der Waals surface area (Å²) in [4.78, 5) is 25.5. The zero-order valence-corrected chi connectivity index (χ0v) is 21.2. The second kappa shape index (κ2) is 9.80. The standard InChI is InChI=1S/C24H26Cl4N2O2/c1-23(2)10-16(30-22(32)15-5-7-18(26)20(28)9-15)11-24(3,12-23)13-29-21(31)14-4-6-17(25)19(27)8-14/h4-9,16H,10-13H2,1-3H3,(H,29,31)(H,30,32)/t16-,24+/m1/s1. The first-order valence-electron chi connectivity index (χ1n) is 10.4. The largest absolute Gasteiger partial charge is 0.351 e. The third kappa shape index (κ3) is 6.32. The lowest BCUT2D eigenvalue weighted by atomic mass is 9.62. The molecule has 3 rings (SSSR count). The Balaban J connectivity index is 1.68. The van der Waals surface area contributed by atoms with Crippen molar-refractivity contribution in [3.8, 4) is 0 Å². The molecule has 1 fully saturated rings. The van der Waals surface area contributed by atoms with Crippen molar-refractivity contribution in [1.29, 1.82) is 0 Å². The van der Waals surface area contributed by atoms with Crippen molar-refractivity contribution >= 4 is 58.2 Å². The average Bonchev–Trinajstić information content (AvgIpc) is 2.68. The predicted octanol–water partition coefficient (Wildman–Crippen LogP) is 7.05. The number of amides is 2. The zero-order valence-electron chi connectivity index (χ0n) is 18.2. The highest BCUT2D eigenvalue weighted by Crippen LogP contribution is 2.46. The lowest BCUT2D eigenvalue weighted by Gasteiger charge is -2.47.